The van der Waals surface area contributed by atoms with Crippen molar-refractivity contribution in [1.82, 2.24) is 15.1 Å². The predicted molar refractivity (Wildman–Crippen MR) is 163 cm³/mol. The Morgan fingerprint density at radius 2 is 1.46 bits per heavy atom. The van der Waals surface area contributed by atoms with Gasteiger partial charge in [0.15, 0.2) is 0 Å². The maximum Gasteiger partial charge on any atom is 0.490 e. The number of carbonyl (C=O) groups excluding carboxylic acids is 2. The van der Waals surface area contributed by atoms with E-state index in [9.17, 15) is 22.8 Å². The summed E-state index contributed by atoms with van der Waals surface area (Å²) in [5, 5.41) is 10.5. The number of carbonyl (C=O) groups is 3. The summed E-state index contributed by atoms with van der Waals surface area (Å²) in [5.74, 6) is -0.0733. The van der Waals surface area contributed by atoms with E-state index in [0.717, 1.165) is 64.8 Å². The molecule has 0 spiro atoms. The predicted octanol–water partition coefficient (Wildman–Crippen LogP) is 4.79. The van der Waals surface area contributed by atoms with Gasteiger partial charge in [-0.2, -0.15) is 13.2 Å². The van der Waals surface area contributed by atoms with Crippen LogP contribution in [0.3, 0.4) is 0 Å². The number of alkyl halides is 3. The van der Waals surface area contributed by atoms with Crippen LogP contribution in [-0.4, -0.2) is 92.9 Å². The third-order valence-electron chi connectivity index (χ3n) is 9.00. The summed E-state index contributed by atoms with van der Waals surface area (Å²) in [5.41, 5.74) is 1.61. The monoisotopic (exact) mass is 649 g/mol. The average Bonchev–Trinajstić information content (AvgIpc) is 3.80. The number of carboxylic acid groups (broad SMARTS) is 1. The van der Waals surface area contributed by atoms with Crippen molar-refractivity contribution in [2.24, 2.45) is 17.8 Å². The molecule has 13 heteroatoms. The van der Waals surface area contributed by atoms with Gasteiger partial charge in [0.05, 0.1) is 27.4 Å². The fraction of sp³-hybridized carbons (Fsp3) is 0.545. The summed E-state index contributed by atoms with van der Waals surface area (Å²) in [6, 6.07) is 13.8. The van der Waals surface area contributed by atoms with E-state index in [-0.39, 0.29) is 23.8 Å². The van der Waals surface area contributed by atoms with E-state index in [0.29, 0.717) is 34.6 Å². The number of aliphatic carboxylic acids is 1. The highest BCUT2D eigenvalue weighted by atomic mass is 19.4. The zero-order valence-electron chi connectivity index (χ0n) is 26.3. The Bertz CT molecular complexity index is 1310. The molecule has 2 amide bonds. The molecule has 3 aliphatic rings. The summed E-state index contributed by atoms with van der Waals surface area (Å²) in [6.07, 6.45) is 0.119. The number of hydrogen-bond acceptors (Lipinski definition) is 7. The second kappa shape index (κ2) is 15.5. The number of amides is 2. The molecular weight excluding hydrogens is 607 g/mol. The molecule has 0 radical (unpaired) electrons. The molecule has 252 valence electrons. The summed E-state index contributed by atoms with van der Waals surface area (Å²) >= 11 is 0. The molecule has 2 N–H and O–H groups in total. The molecular formula is C33H42F3N3O7. The summed E-state index contributed by atoms with van der Waals surface area (Å²) < 4.78 is 48.1. The van der Waals surface area contributed by atoms with Crippen molar-refractivity contribution in [3.05, 3.63) is 53.6 Å². The van der Waals surface area contributed by atoms with Gasteiger partial charge in [-0.05, 0) is 36.7 Å². The van der Waals surface area contributed by atoms with Crippen molar-refractivity contribution in [1.29, 1.82) is 0 Å². The molecule has 0 aromatic heterocycles. The number of likely N-dealkylation sites (tertiary alicyclic amines) is 2. The smallest absolute Gasteiger partial charge is 0.490 e. The van der Waals surface area contributed by atoms with Crippen LogP contribution in [0.2, 0.25) is 0 Å². The summed E-state index contributed by atoms with van der Waals surface area (Å²) in [4.78, 5) is 39.9. The first kappa shape index (κ1) is 34.9. The van der Waals surface area contributed by atoms with Gasteiger partial charge in [-0.15, -0.1) is 0 Å². The lowest BCUT2D eigenvalue weighted by molar-refractivity contribution is -0.192. The van der Waals surface area contributed by atoms with Crippen LogP contribution in [0.15, 0.2) is 42.5 Å². The quantitative estimate of drug-likeness (QED) is 0.378. The Morgan fingerprint density at radius 3 is 1.93 bits per heavy atom. The number of rotatable bonds is 10. The molecule has 2 saturated heterocycles. The normalized spacial score (nSPS) is 20.3. The van der Waals surface area contributed by atoms with Crippen molar-refractivity contribution >= 4 is 17.8 Å². The zero-order chi connectivity index (χ0) is 33.4. The molecule has 10 nitrogen and oxygen atoms in total. The Balaban J connectivity index is 0.000000617. The summed E-state index contributed by atoms with van der Waals surface area (Å²) in [7, 11) is 4.69. The van der Waals surface area contributed by atoms with Crippen LogP contribution >= 0.6 is 0 Å². The largest absolute Gasteiger partial charge is 0.496 e. The van der Waals surface area contributed by atoms with Crippen LogP contribution in [0, 0.1) is 17.8 Å². The zero-order valence-corrected chi connectivity index (χ0v) is 26.3. The van der Waals surface area contributed by atoms with Gasteiger partial charge in [0, 0.05) is 50.8 Å². The molecule has 1 saturated carbocycles. The van der Waals surface area contributed by atoms with E-state index in [1.807, 2.05) is 23.1 Å². The minimum atomic E-state index is -5.08. The van der Waals surface area contributed by atoms with Crippen molar-refractivity contribution in [2.75, 3.05) is 54.1 Å². The van der Waals surface area contributed by atoms with Crippen LogP contribution in [-0.2, 0) is 9.59 Å². The number of hydrogen-bond donors (Lipinski definition) is 2. The van der Waals surface area contributed by atoms with Gasteiger partial charge in [0.1, 0.15) is 22.8 Å². The highest BCUT2D eigenvalue weighted by Gasteiger charge is 2.43. The Kier molecular flexibility index (Phi) is 11.8. The lowest BCUT2D eigenvalue weighted by Crippen LogP contribution is -2.36. The highest BCUT2D eigenvalue weighted by molar-refractivity contribution is 6.00. The van der Waals surface area contributed by atoms with Crippen molar-refractivity contribution in [3.8, 4) is 17.2 Å². The molecule has 1 aliphatic carbocycles. The van der Waals surface area contributed by atoms with E-state index >= 15 is 0 Å². The number of fused-ring (bicyclic) bond motifs is 1. The molecule has 2 unspecified atom stereocenters. The molecule has 5 rings (SSSR count). The van der Waals surface area contributed by atoms with E-state index in [4.69, 9.17) is 24.1 Å². The van der Waals surface area contributed by atoms with Crippen LogP contribution in [0.1, 0.15) is 54.1 Å². The molecule has 2 aliphatic heterocycles. The second-order valence-corrected chi connectivity index (χ2v) is 11.9. The van der Waals surface area contributed by atoms with Gasteiger partial charge < -0.3 is 34.4 Å². The minimum Gasteiger partial charge on any atom is -0.496 e. The first-order valence-corrected chi connectivity index (χ1v) is 15.4. The average molecular weight is 650 g/mol. The molecule has 0 bridgehead atoms. The van der Waals surface area contributed by atoms with Crippen LogP contribution < -0.4 is 19.5 Å². The maximum atomic E-state index is 13.6. The number of nitrogens with one attached hydrogen (secondary N) is 1. The second-order valence-electron chi connectivity index (χ2n) is 11.9. The SMILES string of the molecule is COc1cc(OC)c(C(=O)N2CC3CN(CCC(NC(=O)C4CCCC4)c4ccccc4)C[C@H]3C2)c(OC)c1.O=C(O)C(F)(F)F. The van der Waals surface area contributed by atoms with Gasteiger partial charge in [-0.3, -0.25) is 9.59 Å². The molecule has 3 atom stereocenters. The van der Waals surface area contributed by atoms with Crippen LogP contribution in [0.25, 0.3) is 0 Å². The van der Waals surface area contributed by atoms with Crippen molar-refractivity contribution in [3.63, 3.8) is 0 Å². The van der Waals surface area contributed by atoms with Gasteiger partial charge in [0.2, 0.25) is 5.91 Å². The van der Waals surface area contributed by atoms with E-state index in [1.54, 1.807) is 33.5 Å². The van der Waals surface area contributed by atoms with E-state index < -0.39 is 12.1 Å². The lowest BCUT2D eigenvalue weighted by atomic mass is 10.0. The van der Waals surface area contributed by atoms with E-state index in [2.05, 4.69) is 22.3 Å². The van der Waals surface area contributed by atoms with Gasteiger partial charge in [0.25, 0.3) is 5.91 Å². The maximum absolute atomic E-state index is 13.6. The first-order chi connectivity index (χ1) is 21.9. The first-order valence-electron chi connectivity index (χ1n) is 15.4. The lowest BCUT2D eigenvalue weighted by Gasteiger charge is -2.26. The fourth-order valence-corrected chi connectivity index (χ4v) is 6.61. The standard InChI is InChI=1S/C31H41N3O5.C2HF3O2/c1-37-25-15-27(38-2)29(28(16-25)39-3)31(36)34-19-23-17-33(18-24(23)20-34)14-13-26(21-9-5-4-6-10-21)32-30(35)22-11-7-8-12-22;3-2(4,5)1(6)7/h4-6,9-10,15-16,22-24,26H,7-8,11-14,17-20H2,1-3H3,(H,32,35);(H,6,7)/t23-,24?,26?;/m0./s1. The number of nitrogens with zero attached hydrogens (tertiary/aromatic N) is 2. The van der Waals surface area contributed by atoms with Gasteiger partial charge in [-0.1, -0.05) is 43.2 Å². The third-order valence-corrected chi connectivity index (χ3v) is 9.00. The Labute approximate surface area is 266 Å². The topological polar surface area (TPSA) is 118 Å². The number of benzene rings is 2. The van der Waals surface area contributed by atoms with Crippen LogP contribution in [0.4, 0.5) is 13.2 Å². The molecule has 46 heavy (non-hydrogen) atoms. The molecule has 2 aromatic carbocycles. The number of carboxylic acids is 1. The van der Waals surface area contributed by atoms with E-state index in [1.165, 1.54) is 5.56 Å². The minimum absolute atomic E-state index is 0.0211. The van der Waals surface area contributed by atoms with Gasteiger partial charge in [-0.25, -0.2) is 4.79 Å². The molecule has 2 aromatic rings. The van der Waals surface area contributed by atoms with Crippen molar-refractivity contribution < 1.29 is 46.9 Å². The summed E-state index contributed by atoms with van der Waals surface area (Å²) in [6.45, 7) is 4.29. The molecule has 2 heterocycles. The van der Waals surface area contributed by atoms with Crippen LogP contribution in [0.5, 0.6) is 17.2 Å². The molecule has 3 fully saturated rings. The number of ether oxygens (including phenoxy) is 3. The third kappa shape index (κ3) is 8.62. The number of halogens is 3. The fourth-order valence-electron chi connectivity index (χ4n) is 6.61. The van der Waals surface area contributed by atoms with Crippen molar-refractivity contribution in [2.45, 2.75) is 44.3 Å². The number of methoxy groups -OCH3 is 3. The Hall–Kier alpha value is -4.00. The Morgan fingerprint density at radius 1 is 0.913 bits per heavy atom. The highest BCUT2D eigenvalue weighted by Crippen LogP contribution is 2.38. The van der Waals surface area contributed by atoms with Gasteiger partial charge >= 0.3 is 12.1 Å².